The maximum absolute atomic E-state index is 12.4. The molecule has 2 heterocycles. The molecule has 0 unspecified atom stereocenters. The van der Waals surface area contributed by atoms with Gasteiger partial charge >= 0.3 is 5.97 Å². The van der Waals surface area contributed by atoms with Gasteiger partial charge in [-0.15, -0.1) is 0 Å². The lowest BCUT2D eigenvalue weighted by molar-refractivity contribution is -0.145. The van der Waals surface area contributed by atoms with Gasteiger partial charge in [0, 0.05) is 43.3 Å². The summed E-state index contributed by atoms with van der Waals surface area (Å²) in [5, 5.41) is 0. The molecule has 1 aliphatic heterocycles. The van der Waals surface area contributed by atoms with E-state index in [1.54, 1.807) is 30.5 Å². The van der Waals surface area contributed by atoms with Gasteiger partial charge in [-0.1, -0.05) is 22.0 Å². The number of ether oxygens (including phenoxy) is 1. The maximum atomic E-state index is 12.4. The zero-order chi connectivity index (χ0) is 20.3. The Morgan fingerprint density at radius 3 is 2.68 bits per heavy atom. The number of hydrogen-bond donors (Lipinski definition) is 0. The summed E-state index contributed by atoms with van der Waals surface area (Å²) in [7, 11) is 3.74. The number of benzene rings is 1. The summed E-state index contributed by atoms with van der Waals surface area (Å²) in [4.78, 5) is 44.1. The van der Waals surface area contributed by atoms with Crippen LogP contribution in [0.3, 0.4) is 0 Å². The molecule has 0 saturated carbocycles. The molecule has 28 heavy (non-hydrogen) atoms. The summed E-state index contributed by atoms with van der Waals surface area (Å²) >= 11 is 3.30. The average Bonchev–Trinajstić information content (AvgIpc) is 2.90. The predicted molar refractivity (Wildman–Crippen MR) is 107 cm³/mol. The summed E-state index contributed by atoms with van der Waals surface area (Å²) in [6.07, 6.45) is 2.15. The monoisotopic (exact) mass is 445 g/mol. The molecule has 2 amide bonds. The lowest BCUT2D eigenvalue weighted by Gasteiger charge is -2.16. The minimum atomic E-state index is -0.382. The van der Waals surface area contributed by atoms with Gasteiger partial charge in [-0.2, -0.15) is 0 Å². The third-order valence-electron chi connectivity index (χ3n) is 4.38. The molecular formula is C20H20BrN3O4. The summed E-state index contributed by atoms with van der Waals surface area (Å²) < 4.78 is 6.06. The van der Waals surface area contributed by atoms with Gasteiger partial charge in [0.05, 0.1) is 11.1 Å². The van der Waals surface area contributed by atoms with Crippen LogP contribution in [0.4, 0.5) is 5.82 Å². The number of esters is 1. The van der Waals surface area contributed by atoms with Gasteiger partial charge in [-0.25, -0.2) is 4.98 Å². The first kappa shape index (κ1) is 20.0. The van der Waals surface area contributed by atoms with Crippen LogP contribution in [0.25, 0.3) is 0 Å². The fraction of sp³-hybridized carbons (Fsp3) is 0.300. The highest BCUT2D eigenvalue weighted by molar-refractivity contribution is 9.10. The van der Waals surface area contributed by atoms with E-state index in [9.17, 15) is 14.4 Å². The third kappa shape index (κ3) is 4.22. The van der Waals surface area contributed by atoms with E-state index in [0.717, 1.165) is 15.9 Å². The van der Waals surface area contributed by atoms with E-state index in [1.165, 1.54) is 4.90 Å². The van der Waals surface area contributed by atoms with Crippen molar-refractivity contribution in [3.63, 3.8) is 0 Å². The Morgan fingerprint density at radius 1 is 1.18 bits per heavy atom. The number of carbonyl (C=O) groups is 3. The molecule has 7 nitrogen and oxygen atoms in total. The number of fused-ring (bicyclic) bond motifs is 1. The van der Waals surface area contributed by atoms with Crippen molar-refractivity contribution in [2.24, 2.45) is 0 Å². The Morgan fingerprint density at radius 2 is 1.93 bits per heavy atom. The second-order valence-electron chi connectivity index (χ2n) is 6.60. The molecule has 0 bridgehead atoms. The molecule has 0 fully saturated rings. The van der Waals surface area contributed by atoms with E-state index in [0.29, 0.717) is 17.5 Å². The molecule has 0 radical (unpaired) electrons. The van der Waals surface area contributed by atoms with Crippen molar-refractivity contribution >= 4 is 39.5 Å². The number of amides is 2. The quantitative estimate of drug-likeness (QED) is 0.481. The van der Waals surface area contributed by atoms with Crippen LogP contribution in [0.5, 0.6) is 0 Å². The van der Waals surface area contributed by atoms with Crippen molar-refractivity contribution < 1.29 is 19.1 Å². The van der Waals surface area contributed by atoms with Crippen LogP contribution in [0.1, 0.15) is 39.1 Å². The topological polar surface area (TPSA) is 79.8 Å². The standard InChI is InChI=1S/C20H20BrN3O4/c1-23(2)18-13(5-3-9-22-18)12-28-17(25)6-4-10-24-19(26)15-8-7-14(21)11-16(15)20(24)27/h3,5,7-9,11H,4,6,10,12H2,1-2H3. The summed E-state index contributed by atoms with van der Waals surface area (Å²) in [6.45, 7) is 0.302. The van der Waals surface area contributed by atoms with Gasteiger partial charge in [0.1, 0.15) is 12.4 Å². The van der Waals surface area contributed by atoms with Crippen LogP contribution < -0.4 is 4.90 Å². The van der Waals surface area contributed by atoms with Gasteiger partial charge in [-0.05, 0) is 30.7 Å². The van der Waals surface area contributed by atoms with Crippen molar-refractivity contribution in [1.82, 2.24) is 9.88 Å². The number of imide groups is 1. The zero-order valence-electron chi connectivity index (χ0n) is 15.6. The smallest absolute Gasteiger partial charge is 0.306 e. The molecule has 3 rings (SSSR count). The largest absolute Gasteiger partial charge is 0.461 e. The molecule has 1 aromatic heterocycles. The predicted octanol–water partition coefficient (Wildman–Crippen LogP) is 3.03. The lowest BCUT2D eigenvalue weighted by atomic mass is 10.1. The van der Waals surface area contributed by atoms with Crippen molar-refractivity contribution in [1.29, 1.82) is 0 Å². The number of anilines is 1. The normalized spacial score (nSPS) is 12.9. The van der Waals surface area contributed by atoms with Crippen LogP contribution >= 0.6 is 15.9 Å². The second-order valence-corrected chi connectivity index (χ2v) is 7.51. The van der Waals surface area contributed by atoms with Gasteiger partial charge in [0.25, 0.3) is 11.8 Å². The van der Waals surface area contributed by atoms with E-state index in [2.05, 4.69) is 20.9 Å². The van der Waals surface area contributed by atoms with E-state index < -0.39 is 0 Å². The second kappa shape index (κ2) is 8.52. The molecular weight excluding hydrogens is 426 g/mol. The van der Waals surface area contributed by atoms with Crippen LogP contribution in [0.15, 0.2) is 41.0 Å². The first-order valence-corrected chi connectivity index (χ1v) is 9.60. The minimum Gasteiger partial charge on any atom is -0.461 e. The fourth-order valence-electron chi connectivity index (χ4n) is 3.02. The Bertz CT molecular complexity index is 929. The van der Waals surface area contributed by atoms with Crippen molar-refractivity contribution in [2.75, 3.05) is 25.5 Å². The highest BCUT2D eigenvalue weighted by Gasteiger charge is 2.35. The number of aromatic nitrogens is 1. The summed E-state index contributed by atoms with van der Waals surface area (Å²) in [6, 6.07) is 8.64. The summed E-state index contributed by atoms with van der Waals surface area (Å²) in [5.74, 6) is -0.298. The van der Waals surface area contributed by atoms with Crippen molar-refractivity contribution in [3.8, 4) is 0 Å². The molecule has 0 saturated heterocycles. The SMILES string of the molecule is CN(C)c1ncccc1COC(=O)CCCN1C(=O)c2ccc(Br)cc2C1=O. The molecule has 1 aliphatic rings. The maximum Gasteiger partial charge on any atom is 0.306 e. The molecule has 2 aromatic rings. The van der Waals surface area contributed by atoms with Gasteiger partial charge < -0.3 is 9.64 Å². The van der Waals surface area contributed by atoms with Crippen molar-refractivity contribution in [2.45, 2.75) is 19.4 Å². The first-order chi connectivity index (χ1) is 13.4. The van der Waals surface area contributed by atoms with Crippen LogP contribution in [0, 0.1) is 0 Å². The molecule has 8 heteroatoms. The number of hydrogen-bond acceptors (Lipinski definition) is 6. The van der Waals surface area contributed by atoms with Crippen LogP contribution in [-0.4, -0.2) is 48.3 Å². The van der Waals surface area contributed by atoms with Gasteiger partial charge in [-0.3, -0.25) is 19.3 Å². The number of nitrogens with zero attached hydrogens (tertiary/aromatic N) is 3. The Balaban J connectivity index is 1.50. The van der Waals surface area contributed by atoms with E-state index >= 15 is 0 Å². The average molecular weight is 446 g/mol. The fourth-order valence-corrected chi connectivity index (χ4v) is 3.38. The van der Waals surface area contributed by atoms with Crippen LogP contribution in [0.2, 0.25) is 0 Å². The zero-order valence-corrected chi connectivity index (χ0v) is 17.2. The van der Waals surface area contributed by atoms with Gasteiger partial charge in [0.2, 0.25) is 0 Å². The molecule has 1 aromatic carbocycles. The highest BCUT2D eigenvalue weighted by atomic mass is 79.9. The molecule has 0 atom stereocenters. The molecule has 0 spiro atoms. The van der Waals surface area contributed by atoms with E-state index in [4.69, 9.17) is 4.74 Å². The Labute approximate surface area is 171 Å². The number of halogens is 1. The van der Waals surface area contributed by atoms with Crippen molar-refractivity contribution in [3.05, 3.63) is 57.7 Å². The molecule has 0 aliphatic carbocycles. The van der Waals surface area contributed by atoms with E-state index in [-0.39, 0.29) is 37.4 Å². The number of pyridine rings is 1. The minimum absolute atomic E-state index is 0.120. The number of carbonyl (C=O) groups excluding carboxylic acids is 3. The molecule has 0 N–H and O–H groups in total. The lowest BCUT2D eigenvalue weighted by Crippen LogP contribution is -2.31. The Hall–Kier alpha value is -2.74. The van der Waals surface area contributed by atoms with E-state index in [1.807, 2.05) is 25.1 Å². The Kier molecular flexibility index (Phi) is 6.08. The third-order valence-corrected chi connectivity index (χ3v) is 4.87. The summed E-state index contributed by atoms with van der Waals surface area (Å²) in [5.41, 5.74) is 1.59. The van der Waals surface area contributed by atoms with Gasteiger partial charge in [0.15, 0.2) is 0 Å². The first-order valence-electron chi connectivity index (χ1n) is 8.81. The van der Waals surface area contributed by atoms with Crippen LogP contribution in [-0.2, 0) is 16.1 Å². The molecule has 146 valence electrons. The highest BCUT2D eigenvalue weighted by Crippen LogP contribution is 2.26. The number of rotatable bonds is 7.